The van der Waals surface area contributed by atoms with Crippen molar-refractivity contribution in [3.05, 3.63) is 11.6 Å². The minimum Gasteiger partial charge on any atom is -0.166 e. The van der Waals surface area contributed by atoms with Gasteiger partial charge in [0.05, 0.1) is 6.42 Å². The van der Waals surface area contributed by atoms with E-state index in [0.29, 0.717) is 0 Å². The molecule has 0 spiro atoms. The van der Waals surface area contributed by atoms with Crippen molar-refractivity contribution in [1.29, 1.82) is 0 Å². The van der Waals surface area contributed by atoms with Gasteiger partial charge in [-0.25, -0.2) is 0 Å². The van der Waals surface area contributed by atoms with Crippen LogP contribution in [0.15, 0.2) is 11.6 Å². The summed E-state index contributed by atoms with van der Waals surface area (Å²) in [7, 11) is 0. The van der Waals surface area contributed by atoms with Crippen molar-refractivity contribution in [1.82, 2.24) is 4.67 Å². The van der Waals surface area contributed by atoms with Crippen molar-refractivity contribution in [2.75, 3.05) is 0 Å². The van der Waals surface area contributed by atoms with Crippen molar-refractivity contribution in [3.63, 3.8) is 0 Å². The van der Waals surface area contributed by atoms with E-state index in [1.165, 1.54) is 6.21 Å². The van der Waals surface area contributed by atoms with E-state index in [1.807, 2.05) is 0 Å². The minimum absolute atomic E-state index is 0.269. The Morgan fingerprint density at radius 2 is 2.10 bits per heavy atom. The van der Waals surface area contributed by atoms with Crippen LogP contribution in [0.25, 0.3) is 0 Å². The highest BCUT2D eigenvalue weighted by molar-refractivity contribution is 5.85. The maximum absolute atomic E-state index is 11.8. The molecule has 1 heterocycles. The van der Waals surface area contributed by atoms with Crippen LogP contribution in [0.2, 0.25) is 0 Å². The second-order valence-corrected chi connectivity index (χ2v) is 1.85. The second kappa shape index (κ2) is 2.31. The lowest BCUT2D eigenvalue weighted by Crippen LogP contribution is -2.15. The summed E-state index contributed by atoms with van der Waals surface area (Å²) >= 11 is 0. The lowest BCUT2D eigenvalue weighted by molar-refractivity contribution is -0.0858. The summed E-state index contributed by atoms with van der Waals surface area (Å²) in [4.78, 5) is 0. The van der Waals surface area contributed by atoms with E-state index >= 15 is 0 Å². The number of halogens is 3. The monoisotopic (exact) mass is 148 g/mol. The lowest BCUT2D eigenvalue weighted by Gasteiger charge is -2.01. The molecule has 0 atom stereocenters. The van der Waals surface area contributed by atoms with Crippen LogP contribution in [0.4, 0.5) is 13.2 Å². The Bertz CT molecular complexity index is 218. The van der Waals surface area contributed by atoms with Crippen LogP contribution in [0.5, 0.6) is 0 Å². The van der Waals surface area contributed by atoms with E-state index in [0.717, 1.165) is 12.3 Å². The standard InChI is InChI=1S/C6H5F3N/c7-6(8,9)5-2-1-3-10-4-5/h2-4H,1H2/q+1. The molecule has 0 aromatic carbocycles. The van der Waals surface area contributed by atoms with Crippen molar-refractivity contribution in [2.45, 2.75) is 12.6 Å². The summed E-state index contributed by atoms with van der Waals surface area (Å²) in [6, 6.07) is 0. The molecule has 1 aliphatic rings. The van der Waals surface area contributed by atoms with Gasteiger partial charge in [-0.1, -0.05) is 6.08 Å². The molecule has 0 aromatic rings. The molecule has 1 rings (SSSR count). The number of hydrogen-bond donors (Lipinski definition) is 0. The maximum Gasteiger partial charge on any atom is 0.423 e. The second-order valence-electron chi connectivity index (χ2n) is 1.85. The first kappa shape index (κ1) is 7.09. The van der Waals surface area contributed by atoms with E-state index in [9.17, 15) is 13.2 Å². The third-order valence-electron chi connectivity index (χ3n) is 1.09. The Kier molecular flexibility index (Phi) is 1.64. The predicted molar refractivity (Wildman–Crippen MR) is 33.0 cm³/mol. The molecule has 0 unspecified atom stereocenters. The Morgan fingerprint density at radius 1 is 1.40 bits per heavy atom. The number of nitrogens with zero attached hydrogens (tertiary/aromatic N) is 1. The number of rotatable bonds is 0. The van der Waals surface area contributed by atoms with Gasteiger partial charge in [0.15, 0.2) is 0 Å². The number of alkyl halides is 3. The molecule has 0 radical (unpaired) electrons. The smallest absolute Gasteiger partial charge is 0.166 e. The first-order valence-corrected chi connectivity index (χ1v) is 2.73. The molecule has 1 aliphatic heterocycles. The van der Waals surface area contributed by atoms with Crippen molar-refractivity contribution >= 4 is 12.4 Å². The van der Waals surface area contributed by atoms with Gasteiger partial charge in [0, 0.05) is 0 Å². The third kappa shape index (κ3) is 1.48. The van der Waals surface area contributed by atoms with E-state index in [-0.39, 0.29) is 6.42 Å². The normalized spacial score (nSPS) is 17.3. The van der Waals surface area contributed by atoms with Gasteiger partial charge in [-0.2, -0.15) is 13.2 Å². The zero-order valence-electron chi connectivity index (χ0n) is 5.02. The Labute approximate surface area is 55.6 Å². The van der Waals surface area contributed by atoms with Crippen LogP contribution in [0.3, 0.4) is 0 Å². The zero-order chi connectivity index (χ0) is 7.61. The molecule has 0 saturated carbocycles. The van der Waals surface area contributed by atoms with E-state index < -0.39 is 11.7 Å². The molecule has 10 heavy (non-hydrogen) atoms. The largest absolute Gasteiger partial charge is 0.423 e. The number of allylic oxidation sites excluding steroid dienone is 2. The fourth-order valence-electron chi connectivity index (χ4n) is 0.615. The average Bonchev–Trinajstić information content (AvgIpc) is 1.88. The van der Waals surface area contributed by atoms with Gasteiger partial charge in [0.1, 0.15) is 5.57 Å². The molecular formula is C6H5F3N+. The first-order valence-electron chi connectivity index (χ1n) is 2.73. The van der Waals surface area contributed by atoms with Crippen LogP contribution in [-0.4, -0.2) is 18.6 Å². The van der Waals surface area contributed by atoms with E-state index in [2.05, 4.69) is 4.67 Å². The van der Waals surface area contributed by atoms with Gasteiger partial charge in [0.25, 0.3) is 6.21 Å². The summed E-state index contributed by atoms with van der Waals surface area (Å²) in [6.07, 6.45) is -0.616. The molecule has 0 aliphatic carbocycles. The van der Waals surface area contributed by atoms with Crippen molar-refractivity contribution in [3.8, 4) is 0 Å². The quantitative estimate of drug-likeness (QED) is 0.456. The molecule has 1 nitrogen and oxygen atoms in total. The van der Waals surface area contributed by atoms with Gasteiger partial charge in [0.2, 0.25) is 0 Å². The average molecular weight is 148 g/mol. The predicted octanol–water partition coefficient (Wildman–Crippen LogP) is 1.09. The summed E-state index contributed by atoms with van der Waals surface area (Å²) in [5, 5.41) is 0. The highest BCUT2D eigenvalue weighted by Gasteiger charge is 2.35. The highest BCUT2D eigenvalue weighted by Crippen LogP contribution is 2.24. The highest BCUT2D eigenvalue weighted by atomic mass is 19.4. The van der Waals surface area contributed by atoms with Crippen molar-refractivity contribution in [2.24, 2.45) is 0 Å². The lowest BCUT2D eigenvalue weighted by atomic mass is 10.2. The molecule has 54 valence electrons. The van der Waals surface area contributed by atoms with Gasteiger partial charge < -0.3 is 0 Å². The topological polar surface area (TPSA) is 14.1 Å². The minimum atomic E-state index is -4.24. The Hall–Kier alpha value is -1.02. The maximum atomic E-state index is 11.8. The summed E-state index contributed by atoms with van der Waals surface area (Å²) < 4.78 is 38.7. The van der Waals surface area contributed by atoms with Crippen LogP contribution in [-0.2, 0) is 0 Å². The molecule has 0 amide bonds. The van der Waals surface area contributed by atoms with Gasteiger partial charge in [-0.15, -0.1) is 4.67 Å². The van der Waals surface area contributed by atoms with E-state index in [1.54, 1.807) is 0 Å². The molecular weight excluding hydrogens is 143 g/mol. The van der Waals surface area contributed by atoms with E-state index in [4.69, 9.17) is 0 Å². The molecule has 0 N–H and O–H groups in total. The SMILES string of the molecule is FC(F)(F)C1=CCC=[N+]=C1. The summed E-state index contributed by atoms with van der Waals surface area (Å²) in [6.45, 7) is 0. The fourth-order valence-corrected chi connectivity index (χ4v) is 0.615. The van der Waals surface area contributed by atoms with Crippen LogP contribution in [0.1, 0.15) is 6.42 Å². The van der Waals surface area contributed by atoms with Gasteiger partial charge in [-0.3, -0.25) is 0 Å². The van der Waals surface area contributed by atoms with Crippen LogP contribution >= 0.6 is 0 Å². The Balaban J connectivity index is 2.85. The number of hydrogen-bond acceptors (Lipinski definition) is 0. The molecule has 0 saturated heterocycles. The van der Waals surface area contributed by atoms with Gasteiger partial charge in [-0.05, 0) is 0 Å². The van der Waals surface area contributed by atoms with Crippen LogP contribution < -0.4 is 4.67 Å². The molecule has 0 bridgehead atoms. The zero-order valence-corrected chi connectivity index (χ0v) is 5.02. The fraction of sp³-hybridized carbons (Fsp3) is 0.333. The molecule has 0 fully saturated rings. The van der Waals surface area contributed by atoms with Gasteiger partial charge >= 0.3 is 12.4 Å². The first-order chi connectivity index (χ1) is 4.61. The third-order valence-corrected chi connectivity index (χ3v) is 1.09. The van der Waals surface area contributed by atoms with Crippen LogP contribution in [0, 0.1) is 0 Å². The summed E-state index contributed by atoms with van der Waals surface area (Å²) in [5.41, 5.74) is -0.657. The molecule has 4 heteroatoms. The Morgan fingerprint density at radius 3 is 2.40 bits per heavy atom. The van der Waals surface area contributed by atoms with Crippen molar-refractivity contribution < 1.29 is 13.2 Å². The molecule has 0 aromatic heterocycles. The summed E-state index contributed by atoms with van der Waals surface area (Å²) in [5.74, 6) is 0.